The van der Waals surface area contributed by atoms with E-state index in [1.54, 1.807) is 0 Å². The summed E-state index contributed by atoms with van der Waals surface area (Å²) in [4.78, 5) is 0. The highest BCUT2D eigenvalue weighted by atomic mass is 32.2. The fraction of sp³-hybridized carbons (Fsp3) is 1.00. The zero-order valence-corrected chi connectivity index (χ0v) is 7.60. The van der Waals surface area contributed by atoms with Gasteiger partial charge in [-0.15, -0.1) is 0 Å². The molecule has 0 atom stereocenters. The second kappa shape index (κ2) is 2.95. The number of thioether (sulfide) groups is 2. The van der Waals surface area contributed by atoms with Crippen molar-refractivity contribution in [2.75, 3.05) is 36.2 Å². The van der Waals surface area contributed by atoms with E-state index in [2.05, 4.69) is 23.5 Å². The van der Waals surface area contributed by atoms with Crippen LogP contribution in [0.25, 0.3) is 0 Å². The SMILES string of the molecule is C1CSCC2(COC2)CS1. The van der Waals surface area contributed by atoms with E-state index < -0.39 is 0 Å². The van der Waals surface area contributed by atoms with Gasteiger partial charge < -0.3 is 4.74 Å². The van der Waals surface area contributed by atoms with E-state index in [0.29, 0.717) is 5.41 Å². The molecule has 2 fully saturated rings. The maximum atomic E-state index is 5.24. The quantitative estimate of drug-likeness (QED) is 0.553. The van der Waals surface area contributed by atoms with Gasteiger partial charge in [-0.25, -0.2) is 0 Å². The highest BCUT2D eigenvalue weighted by molar-refractivity contribution is 8.03. The van der Waals surface area contributed by atoms with Gasteiger partial charge in [0.05, 0.1) is 13.2 Å². The number of hydrogen-bond donors (Lipinski definition) is 0. The molecule has 0 N–H and O–H groups in total. The van der Waals surface area contributed by atoms with E-state index >= 15 is 0 Å². The zero-order chi connectivity index (χ0) is 6.86. The Hall–Kier alpha value is 0.660. The first-order valence-electron chi connectivity index (χ1n) is 3.65. The summed E-state index contributed by atoms with van der Waals surface area (Å²) in [5.41, 5.74) is 0.589. The molecule has 0 unspecified atom stereocenters. The van der Waals surface area contributed by atoms with Crippen molar-refractivity contribution in [3.63, 3.8) is 0 Å². The van der Waals surface area contributed by atoms with E-state index in [4.69, 9.17) is 4.74 Å². The van der Waals surface area contributed by atoms with Gasteiger partial charge in [0.2, 0.25) is 0 Å². The summed E-state index contributed by atoms with van der Waals surface area (Å²) >= 11 is 4.20. The van der Waals surface area contributed by atoms with Crippen LogP contribution in [0.1, 0.15) is 0 Å². The summed E-state index contributed by atoms with van der Waals surface area (Å²) in [7, 11) is 0. The van der Waals surface area contributed by atoms with E-state index in [1.807, 2.05) is 0 Å². The van der Waals surface area contributed by atoms with Crippen LogP contribution in [-0.4, -0.2) is 36.2 Å². The molecule has 0 saturated carbocycles. The second-order valence-electron chi connectivity index (χ2n) is 3.10. The van der Waals surface area contributed by atoms with E-state index in [0.717, 1.165) is 13.2 Å². The first kappa shape index (κ1) is 7.32. The predicted octanol–water partition coefficient (Wildman–Crippen LogP) is 1.48. The predicted molar refractivity (Wildman–Crippen MR) is 47.9 cm³/mol. The minimum atomic E-state index is 0.589. The summed E-state index contributed by atoms with van der Waals surface area (Å²) in [6.45, 7) is 2.04. The fourth-order valence-corrected chi connectivity index (χ4v) is 4.06. The molecule has 2 rings (SSSR count). The van der Waals surface area contributed by atoms with Gasteiger partial charge in [-0.3, -0.25) is 0 Å². The molecule has 0 aromatic rings. The van der Waals surface area contributed by atoms with Gasteiger partial charge >= 0.3 is 0 Å². The number of ether oxygens (including phenoxy) is 1. The van der Waals surface area contributed by atoms with Crippen molar-refractivity contribution in [3.8, 4) is 0 Å². The van der Waals surface area contributed by atoms with Gasteiger partial charge in [0.1, 0.15) is 0 Å². The number of hydrogen-bond acceptors (Lipinski definition) is 3. The highest BCUT2D eigenvalue weighted by Gasteiger charge is 2.39. The molecule has 0 amide bonds. The molecule has 2 aliphatic heterocycles. The van der Waals surface area contributed by atoms with Crippen LogP contribution in [0.4, 0.5) is 0 Å². The average molecular weight is 176 g/mol. The van der Waals surface area contributed by atoms with Crippen molar-refractivity contribution in [1.82, 2.24) is 0 Å². The van der Waals surface area contributed by atoms with Crippen LogP contribution in [-0.2, 0) is 4.74 Å². The lowest BCUT2D eigenvalue weighted by Gasteiger charge is -2.39. The van der Waals surface area contributed by atoms with Crippen molar-refractivity contribution < 1.29 is 4.74 Å². The lowest BCUT2D eigenvalue weighted by Crippen LogP contribution is -2.46. The molecule has 1 spiro atoms. The van der Waals surface area contributed by atoms with Gasteiger partial charge in [0.25, 0.3) is 0 Å². The molecule has 10 heavy (non-hydrogen) atoms. The first-order chi connectivity index (χ1) is 4.91. The first-order valence-corrected chi connectivity index (χ1v) is 5.96. The van der Waals surface area contributed by atoms with Crippen molar-refractivity contribution in [1.29, 1.82) is 0 Å². The Labute approximate surface area is 70.3 Å². The van der Waals surface area contributed by atoms with Crippen molar-refractivity contribution >= 4 is 23.5 Å². The van der Waals surface area contributed by atoms with Crippen LogP contribution in [0.2, 0.25) is 0 Å². The molecule has 2 saturated heterocycles. The Morgan fingerprint density at radius 1 is 1.00 bits per heavy atom. The normalized spacial score (nSPS) is 31.2. The van der Waals surface area contributed by atoms with Crippen LogP contribution in [0.15, 0.2) is 0 Å². The van der Waals surface area contributed by atoms with Crippen LogP contribution < -0.4 is 0 Å². The molecule has 0 bridgehead atoms. The summed E-state index contributed by atoms with van der Waals surface area (Å²) in [5.74, 6) is 5.35. The third-order valence-electron chi connectivity index (χ3n) is 2.01. The maximum absolute atomic E-state index is 5.24. The molecule has 0 aromatic carbocycles. The molecule has 58 valence electrons. The molecule has 0 aromatic heterocycles. The van der Waals surface area contributed by atoms with E-state index in [-0.39, 0.29) is 0 Å². The van der Waals surface area contributed by atoms with Gasteiger partial charge in [-0.05, 0) is 0 Å². The molecular weight excluding hydrogens is 164 g/mol. The monoisotopic (exact) mass is 176 g/mol. The summed E-state index contributed by atoms with van der Waals surface area (Å²) in [6, 6.07) is 0. The van der Waals surface area contributed by atoms with Crippen molar-refractivity contribution in [2.24, 2.45) is 5.41 Å². The molecule has 0 aliphatic carbocycles. The molecule has 1 nitrogen and oxygen atoms in total. The van der Waals surface area contributed by atoms with Gasteiger partial charge in [-0.1, -0.05) is 0 Å². The molecule has 0 radical (unpaired) electrons. The Bertz CT molecular complexity index is 113. The summed E-state index contributed by atoms with van der Waals surface area (Å²) < 4.78 is 5.24. The topological polar surface area (TPSA) is 9.23 Å². The fourth-order valence-electron chi connectivity index (χ4n) is 1.29. The van der Waals surface area contributed by atoms with Crippen LogP contribution in [0, 0.1) is 5.41 Å². The molecular formula is C7H12OS2. The van der Waals surface area contributed by atoms with Crippen molar-refractivity contribution in [2.45, 2.75) is 0 Å². The lowest BCUT2D eigenvalue weighted by atomic mass is 9.91. The average Bonchev–Trinajstić information content (AvgIpc) is 2.08. The third kappa shape index (κ3) is 1.31. The molecule has 2 heterocycles. The summed E-state index contributed by atoms with van der Waals surface area (Å²) in [6.07, 6.45) is 0. The van der Waals surface area contributed by atoms with E-state index in [1.165, 1.54) is 23.0 Å². The highest BCUT2D eigenvalue weighted by Crippen LogP contribution is 2.37. The van der Waals surface area contributed by atoms with Gasteiger partial charge in [0.15, 0.2) is 0 Å². The standard InChI is InChI=1S/C7H12OS2/c1-2-10-6-7(5-9-1)3-8-4-7/h1-6H2. The second-order valence-corrected chi connectivity index (χ2v) is 5.31. The molecule has 3 heteroatoms. The van der Waals surface area contributed by atoms with Crippen LogP contribution >= 0.6 is 23.5 Å². The van der Waals surface area contributed by atoms with Gasteiger partial charge in [-0.2, -0.15) is 23.5 Å². The largest absolute Gasteiger partial charge is 0.380 e. The zero-order valence-electron chi connectivity index (χ0n) is 5.97. The van der Waals surface area contributed by atoms with Crippen molar-refractivity contribution in [3.05, 3.63) is 0 Å². The van der Waals surface area contributed by atoms with Crippen LogP contribution in [0.5, 0.6) is 0 Å². The summed E-state index contributed by atoms with van der Waals surface area (Å²) in [5, 5.41) is 0. The van der Waals surface area contributed by atoms with Gasteiger partial charge in [0, 0.05) is 28.4 Å². The lowest BCUT2D eigenvalue weighted by molar-refractivity contribution is -0.0828. The smallest absolute Gasteiger partial charge is 0.0560 e. The Morgan fingerprint density at radius 2 is 1.60 bits per heavy atom. The number of rotatable bonds is 0. The Kier molecular flexibility index (Phi) is 2.16. The van der Waals surface area contributed by atoms with E-state index in [9.17, 15) is 0 Å². The minimum absolute atomic E-state index is 0.589. The minimum Gasteiger partial charge on any atom is -0.380 e. The Balaban J connectivity index is 1.92. The molecule has 2 aliphatic rings. The maximum Gasteiger partial charge on any atom is 0.0560 e. The van der Waals surface area contributed by atoms with Crippen LogP contribution in [0.3, 0.4) is 0 Å². The Morgan fingerprint density at radius 3 is 2.00 bits per heavy atom. The third-order valence-corrected chi connectivity index (χ3v) is 4.88.